The van der Waals surface area contributed by atoms with E-state index in [0.717, 1.165) is 23.3 Å². The number of alkyl halides is 3. The number of amides is 1. The van der Waals surface area contributed by atoms with E-state index >= 15 is 0 Å². The fourth-order valence-electron chi connectivity index (χ4n) is 7.56. The van der Waals surface area contributed by atoms with Crippen LogP contribution in [-0.4, -0.2) is 69.8 Å². The molecular formula is C29H28F3N3O4. The molecule has 0 aromatic heterocycles. The van der Waals surface area contributed by atoms with Crippen molar-refractivity contribution in [2.24, 2.45) is 0 Å². The second-order valence-corrected chi connectivity index (χ2v) is 11.1. The summed E-state index contributed by atoms with van der Waals surface area (Å²) in [6.07, 6.45) is -1.09. The number of hydrogen-bond acceptors (Lipinski definition) is 6. The number of nitrogens with zero attached hydrogens (tertiary/aromatic N) is 3. The van der Waals surface area contributed by atoms with Crippen LogP contribution in [0.25, 0.3) is 6.08 Å². The summed E-state index contributed by atoms with van der Waals surface area (Å²) in [6.45, 7) is 0. The van der Waals surface area contributed by atoms with Gasteiger partial charge in [0.25, 0.3) is 0 Å². The van der Waals surface area contributed by atoms with Gasteiger partial charge in [-0.15, -0.1) is 0 Å². The van der Waals surface area contributed by atoms with Gasteiger partial charge in [-0.25, -0.2) is 0 Å². The number of carbonyl (C=O) groups excluding carboxylic acids is 1. The topological polar surface area (TPSA) is 97.0 Å². The molecule has 2 fully saturated rings. The summed E-state index contributed by atoms with van der Waals surface area (Å²) in [5, 5.41) is 33.1. The molecule has 1 spiro atoms. The molecule has 1 saturated carbocycles. The Morgan fingerprint density at radius 3 is 2.79 bits per heavy atom. The van der Waals surface area contributed by atoms with Gasteiger partial charge in [0, 0.05) is 24.7 Å². The number of carbonyl (C=O) groups is 1. The van der Waals surface area contributed by atoms with Gasteiger partial charge in [-0.2, -0.15) is 18.4 Å². The lowest BCUT2D eigenvalue weighted by atomic mass is 9.47. The van der Waals surface area contributed by atoms with E-state index in [1.807, 2.05) is 18.0 Å². The van der Waals surface area contributed by atoms with Gasteiger partial charge in [0.2, 0.25) is 5.91 Å². The van der Waals surface area contributed by atoms with Crippen molar-refractivity contribution in [3.8, 4) is 17.6 Å². The van der Waals surface area contributed by atoms with Crippen molar-refractivity contribution >= 4 is 12.0 Å². The molecule has 6 atom stereocenters. The molecule has 2 heterocycles. The van der Waals surface area contributed by atoms with E-state index in [9.17, 15) is 33.4 Å². The van der Waals surface area contributed by atoms with Crippen molar-refractivity contribution < 1.29 is 32.9 Å². The summed E-state index contributed by atoms with van der Waals surface area (Å²) in [5.74, 6) is -0.189. The average Bonchev–Trinajstić information content (AvgIpc) is 3.25. The normalized spacial score (nSPS) is 32.8. The van der Waals surface area contributed by atoms with E-state index in [0.29, 0.717) is 25.0 Å². The van der Waals surface area contributed by atoms with Crippen molar-refractivity contribution in [2.75, 3.05) is 14.1 Å². The first-order chi connectivity index (χ1) is 18.4. The van der Waals surface area contributed by atoms with E-state index in [1.165, 1.54) is 29.2 Å². The monoisotopic (exact) mass is 539 g/mol. The molecule has 7 nitrogen and oxygen atoms in total. The highest BCUT2D eigenvalue weighted by Crippen LogP contribution is 2.66. The smallest absolute Gasteiger partial charge is 0.416 e. The maximum Gasteiger partial charge on any atom is 0.416 e. The Morgan fingerprint density at radius 2 is 2.08 bits per heavy atom. The van der Waals surface area contributed by atoms with Crippen LogP contribution in [0.15, 0.2) is 42.5 Å². The lowest BCUT2D eigenvalue weighted by molar-refractivity contribution is -0.202. The maximum atomic E-state index is 13.3. The zero-order valence-electron chi connectivity index (χ0n) is 21.4. The van der Waals surface area contributed by atoms with Crippen LogP contribution in [0, 0.1) is 11.3 Å². The van der Waals surface area contributed by atoms with Gasteiger partial charge in [0.1, 0.15) is 6.10 Å². The van der Waals surface area contributed by atoms with Gasteiger partial charge in [-0.05, 0) is 68.1 Å². The molecule has 204 valence electrons. The Hall–Kier alpha value is -3.55. The van der Waals surface area contributed by atoms with Gasteiger partial charge in [0.05, 0.1) is 34.7 Å². The summed E-state index contributed by atoms with van der Waals surface area (Å²) in [7, 11) is 3.45. The number of hydrogen-bond donors (Lipinski definition) is 2. The summed E-state index contributed by atoms with van der Waals surface area (Å²) < 4.78 is 45.7. The summed E-state index contributed by atoms with van der Waals surface area (Å²) in [4.78, 5) is 16.7. The SMILES string of the molecule is CN(C(=O)C=Cc1cccc(C(F)(F)F)c1)[C@@H]1CC[C@@]2(O)[C@H]3Cc4ccc(O)c5c4[C@@]2(CC(C#N)N3C)[C@H]1O5. The molecule has 2 N–H and O–H groups in total. The number of aromatic hydroxyl groups is 1. The largest absolute Gasteiger partial charge is 0.504 e. The van der Waals surface area contributed by atoms with Gasteiger partial charge in [0.15, 0.2) is 11.5 Å². The summed E-state index contributed by atoms with van der Waals surface area (Å²) in [6, 6.07) is 9.16. The fraction of sp³-hybridized carbons (Fsp3) is 0.448. The highest BCUT2D eigenvalue weighted by molar-refractivity contribution is 5.92. The molecule has 0 radical (unpaired) electrons. The van der Waals surface area contributed by atoms with Crippen molar-refractivity contribution in [1.29, 1.82) is 5.26 Å². The second-order valence-electron chi connectivity index (χ2n) is 11.1. The van der Waals surface area contributed by atoms with Crippen LogP contribution in [0.5, 0.6) is 11.5 Å². The first-order valence-corrected chi connectivity index (χ1v) is 12.9. The van der Waals surface area contributed by atoms with Crippen LogP contribution in [0.4, 0.5) is 13.2 Å². The molecule has 1 unspecified atom stereocenters. The molecule has 1 amide bonds. The van der Waals surface area contributed by atoms with E-state index < -0.39 is 46.9 Å². The molecule has 2 aromatic carbocycles. The first kappa shape index (κ1) is 25.7. The minimum atomic E-state index is -4.49. The van der Waals surface area contributed by atoms with Crippen LogP contribution >= 0.6 is 0 Å². The summed E-state index contributed by atoms with van der Waals surface area (Å²) >= 11 is 0. The van der Waals surface area contributed by atoms with Gasteiger partial charge in [-0.1, -0.05) is 18.2 Å². The van der Waals surface area contributed by atoms with Gasteiger partial charge >= 0.3 is 6.18 Å². The molecule has 2 bridgehead atoms. The molecule has 2 aliphatic heterocycles. The molecule has 2 aliphatic carbocycles. The number of piperidine rings is 1. The third kappa shape index (κ3) is 3.46. The molecule has 10 heteroatoms. The van der Waals surface area contributed by atoms with Crippen LogP contribution < -0.4 is 4.74 Å². The van der Waals surface area contributed by atoms with Crippen molar-refractivity contribution in [1.82, 2.24) is 9.80 Å². The minimum Gasteiger partial charge on any atom is -0.504 e. The number of ether oxygens (including phenoxy) is 1. The van der Waals surface area contributed by atoms with Crippen molar-refractivity contribution in [2.45, 2.75) is 67.1 Å². The average molecular weight is 540 g/mol. The number of phenolic OH excluding ortho intramolecular Hbond substituents is 1. The number of aliphatic hydroxyl groups is 1. The molecule has 2 aromatic rings. The zero-order valence-corrected chi connectivity index (χ0v) is 21.4. The lowest BCUT2D eigenvalue weighted by Crippen LogP contribution is -2.79. The highest BCUT2D eigenvalue weighted by Gasteiger charge is 2.74. The number of likely N-dealkylation sites (N-methyl/N-ethyl adjacent to an activating group) is 2. The molecular weight excluding hydrogens is 511 g/mol. The molecule has 39 heavy (non-hydrogen) atoms. The number of nitriles is 1. The number of benzene rings is 2. The second kappa shape index (κ2) is 8.47. The quantitative estimate of drug-likeness (QED) is 0.579. The lowest BCUT2D eigenvalue weighted by Gasteiger charge is -2.65. The Labute approximate surface area is 223 Å². The van der Waals surface area contributed by atoms with Crippen LogP contribution in [0.1, 0.15) is 41.5 Å². The Bertz CT molecular complexity index is 1440. The number of rotatable bonds is 3. The highest BCUT2D eigenvalue weighted by atomic mass is 19.4. The predicted octanol–water partition coefficient (Wildman–Crippen LogP) is 3.63. The van der Waals surface area contributed by atoms with Crippen molar-refractivity contribution in [3.05, 3.63) is 64.7 Å². The maximum absolute atomic E-state index is 13.3. The molecule has 6 rings (SSSR count). The minimum absolute atomic E-state index is 0.0528. The number of halogens is 3. The third-order valence-electron chi connectivity index (χ3n) is 9.43. The van der Waals surface area contributed by atoms with Gasteiger partial charge in [-0.3, -0.25) is 9.69 Å². The Morgan fingerprint density at radius 1 is 1.31 bits per heavy atom. The van der Waals surface area contributed by atoms with E-state index in [-0.39, 0.29) is 23.8 Å². The Kier molecular flexibility index (Phi) is 5.59. The van der Waals surface area contributed by atoms with E-state index in [1.54, 1.807) is 13.1 Å². The zero-order chi connectivity index (χ0) is 27.9. The molecule has 4 aliphatic rings. The van der Waals surface area contributed by atoms with Crippen molar-refractivity contribution in [3.63, 3.8) is 0 Å². The molecule has 1 saturated heterocycles. The standard InChI is InChI=1S/C29H28F3N3O4/c1-34-19(15-33)14-27-24-17-7-8-21(36)25(24)39-26(27)20(10-11-28(27,38)22(34)13-17)35(2)23(37)9-6-16-4-3-5-18(12-16)29(30,31)32/h3-9,12,19-20,22,26,36,38H,10-11,13-14H2,1-2H3/t19?,20-,22-,26+,27+,28-/m1/s1. The predicted molar refractivity (Wildman–Crippen MR) is 135 cm³/mol. The summed E-state index contributed by atoms with van der Waals surface area (Å²) in [5.41, 5.74) is -1.13. The van der Waals surface area contributed by atoms with E-state index in [4.69, 9.17) is 4.74 Å². The fourth-order valence-corrected chi connectivity index (χ4v) is 7.56. The van der Waals surface area contributed by atoms with Crippen LogP contribution in [0.3, 0.4) is 0 Å². The van der Waals surface area contributed by atoms with E-state index in [2.05, 4.69) is 6.07 Å². The Balaban J connectivity index is 1.37. The first-order valence-electron chi connectivity index (χ1n) is 12.9. The number of likely N-dealkylation sites (tertiary alicyclic amines) is 1. The third-order valence-corrected chi connectivity index (χ3v) is 9.43. The number of phenols is 1. The van der Waals surface area contributed by atoms with Crippen LogP contribution in [-0.2, 0) is 22.8 Å². The van der Waals surface area contributed by atoms with Crippen LogP contribution in [0.2, 0.25) is 0 Å². The van der Waals surface area contributed by atoms with Gasteiger partial charge < -0.3 is 19.8 Å².